The summed E-state index contributed by atoms with van der Waals surface area (Å²) < 4.78 is 32.4. The number of methoxy groups -OCH3 is 1. The summed E-state index contributed by atoms with van der Waals surface area (Å²) in [6.45, 7) is 1.52. The zero-order valence-electron chi connectivity index (χ0n) is 18.1. The Kier molecular flexibility index (Phi) is 7.86. The third kappa shape index (κ3) is 6.41. The second kappa shape index (κ2) is 10.6. The predicted molar refractivity (Wildman–Crippen MR) is 127 cm³/mol. The molecule has 0 spiro atoms. The lowest BCUT2D eigenvalue weighted by Crippen LogP contribution is -2.37. The minimum atomic E-state index is -3.98. The number of hydrogen-bond acceptors (Lipinski definition) is 5. The molecule has 1 N–H and O–H groups in total. The van der Waals surface area contributed by atoms with Gasteiger partial charge in [-0.15, -0.1) is 0 Å². The number of nitrogens with zero attached hydrogens (tertiary/aromatic N) is 1. The van der Waals surface area contributed by atoms with Gasteiger partial charge < -0.3 is 10.1 Å². The number of ether oxygens (including phenoxy) is 1. The number of anilines is 1. The molecule has 0 saturated carbocycles. The van der Waals surface area contributed by atoms with Crippen LogP contribution in [0.4, 0.5) is 5.69 Å². The quantitative estimate of drug-likeness (QED) is 0.480. The van der Waals surface area contributed by atoms with Crippen molar-refractivity contribution >= 4 is 39.2 Å². The van der Waals surface area contributed by atoms with E-state index in [0.717, 1.165) is 15.4 Å². The molecule has 0 aliphatic rings. The number of carbonyl (C=O) groups excluding carboxylic acids is 2. The van der Waals surface area contributed by atoms with E-state index >= 15 is 0 Å². The highest BCUT2D eigenvalue weighted by atomic mass is 35.5. The third-order valence-electron chi connectivity index (χ3n) is 4.80. The van der Waals surface area contributed by atoms with Crippen molar-refractivity contribution in [3.63, 3.8) is 0 Å². The molecular formula is C24H23ClN2O5S. The van der Waals surface area contributed by atoms with Crippen LogP contribution in [0.3, 0.4) is 0 Å². The van der Waals surface area contributed by atoms with E-state index in [9.17, 15) is 18.0 Å². The Balaban J connectivity index is 1.83. The van der Waals surface area contributed by atoms with E-state index in [-0.39, 0.29) is 11.4 Å². The summed E-state index contributed by atoms with van der Waals surface area (Å²) in [4.78, 5) is 24.4. The van der Waals surface area contributed by atoms with Gasteiger partial charge in [-0.05, 0) is 61.0 Å². The second-order valence-electron chi connectivity index (χ2n) is 7.33. The number of amides is 1. The van der Waals surface area contributed by atoms with Gasteiger partial charge in [0, 0.05) is 17.3 Å². The van der Waals surface area contributed by atoms with Crippen LogP contribution in [0.1, 0.15) is 21.5 Å². The fourth-order valence-electron chi connectivity index (χ4n) is 3.16. The molecule has 0 saturated heterocycles. The Morgan fingerprint density at radius 2 is 1.67 bits per heavy atom. The number of benzene rings is 3. The van der Waals surface area contributed by atoms with Crippen LogP contribution in [0.25, 0.3) is 0 Å². The van der Waals surface area contributed by atoms with Gasteiger partial charge in [-0.2, -0.15) is 4.31 Å². The lowest BCUT2D eigenvalue weighted by molar-refractivity contribution is -0.116. The molecule has 172 valence electrons. The van der Waals surface area contributed by atoms with Crippen LogP contribution in [0, 0.1) is 6.92 Å². The molecule has 3 aromatic carbocycles. The summed E-state index contributed by atoms with van der Waals surface area (Å²) in [5, 5.41) is 3.08. The number of sulfonamides is 1. The van der Waals surface area contributed by atoms with Gasteiger partial charge in [0.25, 0.3) is 0 Å². The smallest absolute Gasteiger partial charge is 0.337 e. The van der Waals surface area contributed by atoms with E-state index < -0.39 is 28.4 Å². The molecule has 0 aromatic heterocycles. The maximum atomic E-state index is 13.3. The Morgan fingerprint density at radius 1 is 1.00 bits per heavy atom. The van der Waals surface area contributed by atoms with Crippen molar-refractivity contribution in [1.82, 2.24) is 4.31 Å². The minimum Gasteiger partial charge on any atom is -0.465 e. The van der Waals surface area contributed by atoms with Crippen LogP contribution in [0.2, 0.25) is 5.02 Å². The van der Waals surface area contributed by atoms with Gasteiger partial charge in [0.15, 0.2) is 0 Å². The summed E-state index contributed by atoms with van der Waals surface area (Å²) in [5.41, 5.74) is 2.49. The van der Waals surface area contributed by atoms with Gasteiger partial charge >= 0.3 is 5.97 Å². The van der Waals surface area contributed by atoms with Gasteiger partial charge in [-0.3, -0.25) is 4.79 Å². The van der Waals surface area contributed by atoms with Crippen LogP contribution in [0.5, 0.6) is 0 Å². The summed E-state index contributed by atoms with van der Waals surface area (Å²) in [6, 6.07) is 19.3. The fraction of sp³-hybridized carbons (Fsp3) is 0.167. The first-order valence-corrected chi connectivity index (χ1v) is 11.8. The standard InChI is InChI=1S/C24H23ClN2O5S/c1-17-4-3-5-18(14-17)15-27(33(30,31)22-12-8-20(25)9-13-22)16-23(28)26-21-10-6-19(7-11-21)24(29)32-2/h3-14H,15-16H2,1-2H3,(H,26,28). The van der Waals surface area contributed by atoms with E-state index in [1.165, 1.54) is 43.5 Å². The number of halogens is 1. The molecule has 0 heterocycles. The van der Waals surface area contributed by atoms with Crippen molar-refractivity contribution in [2.24, 2.45) is 0 Å². The number of nitrogens with one attached hydrogen (secondary N) is 1. The van der Waals surface area contributed by atoms with Crippen molar-refractivity contribution in [3.8, 4) is 0 Å². The van der Waals surface area contributed by atoms with Gasteiger partial charge in [0.05, 0.1) is 24.1 Å². The molecule has 0 aliphatic heterocycles. The summed E-state index contributed by atoms with van der Waals surface area (Å²) in [5.74, 6) is -1.02. The number of aryl methyl sites for hydroxylation is 1. The summed E-state index contributed by atoms with van der Waals surface area (Å²) in [6.07, 6.45) is 0. The van der Waals surface area contributed by atoms with Crippen molar-refractivity contribution in [1.29, 1.82) is 0 Å². The predicted octanol–water partition coefficient (Wildman–Crippen LogP) is 4.26. The zero-order chi connectivity index (χ0) is 24.0. The van der Waals surface area contributed by atoms with E-state index in [4.69, 9.17) is 11.6 Å². The second-order valence-corrected chi connectivity index (χ2v) is 9.71. The monoisotopic (exact) mass is 486 g/mol. The average molecular weight is 487 g/mol. The van der Waals surface area contributed by atoms with Gasteiger partial charge in [-0.1, -0.05) is 41.4 Å². The van der Waals surface area contributed by atoms with E-state index in [1.807, 2.05) is 25.1 Å². The highest BCUT2D eigenvalue weighted by molar-refractivity contribution is 7.89. The molecule has 33 heavy (non-hydrogen) atoms. The molecule has 0 radical (unpaired) electrons. The lowest BCUT2D eigenvalue weighted by atomic mass is 10.1. The molecule has 3 aromatic rings. The Labute approximate surface area is 198 Å². The van der Waals surface area contributed by atoms with Crippen molar-refractivity contribution < 1.29 is 22.7 Å². The highest BCUT2D eigenvalue weighted by Gasteiger charge is 2.27. The summed E-state index contributed by atoms with van der Waals surface area (Å²) in [7, 11) is -2.71. The molecule has 1 amide bonds. The summed E-state index contributed by atoms with van der Waals surface area (Å²) >= 11 is 5.90. The van der Waals surface area contributed by atoms with Crippen LogP contribution in [-0.2, 0) is 26.1 Å². The van der Waals surface area contributed by atoms with E-state index in [2.05, 4.69) is 10.1 Å². The molecule has 7 nitrogen and oxygen atoms in total. The maximum Gasteiger partial charge on any atom is 0.337 e. The van der Waals surface area contributed by atoms with Crippen molar-refractivity contribution in [3.05, 3.63) is 94.5 Å². The minimum absolute atomic E-state index is 0.0152. The topological polar surface area (TPSA) is 92.8 Å². The van der Waals surface area contributed by atoms with E-state index in [0.29, 0.717) is 16.3 Å². The van der Waals surface area contributed by atoms with Crippen LogP contribution < -0.4 is 5.32 Å². The molecular weight excluding hydrogens is 464 g/mol. The zero-order valence-corrected chi connectivity index (χ0v) is 19.7. The number of carbonyl (C=O) groups is 2. The van der Waals surface area contributed by atoms with Crippen molar-refractivity contribution in [2.75, 3.05) is 19.0 Å². The molecule has 0 fully saturated rings. The number of rotatable bonds is 8. The van der Waals surface area contributed by atoms with Crippen LogP contribution >= 0.6 is 11.6 Å². The lowest BCUT2D eigenvalue weighted by Gasteiger charge is -2.22. The Hall–Kier alpha value is -3.20. The Morgan fingerprint density at radius 3 is 2.27 bits per heavy atom. The fourth-order valence-corrected chi connectivity index (χ4v) is 4.67. The largest absolute Gasteiger partial charge is 0.465 e. The molecule has 0 atom stereocenters. The van der Waals surface area contributed by atoms with Gasteiger partial charge in [0.1, 0.15) is 0 Å². The van der Waals surface area contributed by atoms with Gasteiger partial charge in [-0.25, -0.2) is 13.2 Å². The third-order valence-corrected chi connectivity index (χ3v) is 6.86. The van der Waals surface area contributed by atoms with Gasteiger partial charge in [0.2, 0.25) is 15.9 Å². The molecule has 0 aliphatic carbocycles. The SMILES string of the molecule is COC(=O)c1ccc(NC(=O)CN(Cc2cccc(C)c2)S(=O)(=O)c2ccc(Cl)cc2)cc1. The molecule has 9 heteroatoms. The van der Waals surface area contributed by atoms with Crippen LogP contribution in [0.15, 0.2) is 77.7 Å². The highest BCUT2D eigenvalue weighted by Crippen LogP contribution is 2.21. The average Bonchev–Trinajstić information content (AvgIpc) is 2.79. The Bertz CT molecular complexity index is 1240. The maximum absolute atomic E-state index is 13.3. The first-order valence-electron chi connectivity index (χ1n) is 9.98. The van der Waals surface area contributed by atoms with Crippen LogP contribution in [-0.4, -0.2) is 38.3 Å². The van der Waals surface area contributed by atoms with E-state index in [1.54, 1.807) is 18.2 Å². The molecule has 0 bridgehead atoms. The molecule has 3 rings (SSSR count). The number of hydrogen-bond donors (Lipinski definition) is 1. The molecule has 0 unspecified atom stereocenters. The first-order chi connectivity index (χ1) is 15.7. The number of esters is 1. The van der Waals surface area contributed by atoms with Crippen molar-refractivity contribution in [2.45, 2.75) is 18.4 Å². The first kappa shape index (κ1) is 24.4. The normalized spacial score (nSPS) is 11.3.